The maximum absolute atomic E-state index is 13.2. The van der Waals surface area contributed by atoms with Gasteiger partial charge in [-0.25, -0.2) is 4.39 Å². The Balaban J connectivity index is 3.23. The first-order valence-corrected chi connectivity index (χ1v) is 4.43. The third-order valence-corrected chi connectivity index (χ3v) is 2.28. The van der Waals surface area contributed by atoms with Crippen LogP contribution in [-0.4, -0.2) is 5.78 Å². The SMILES string of the molecule is CCC(=O)c1cc(Cl)c(C)cc1F. The standard InChI is InChI=1S/C10H10ClFO/c1-3-10(13)7-5-8(11)6(2)4-9(7)12/h4-5H,3H2,1-2H3. The van der Waals surface area contributed by atoms with Crippen molar-refractivity contribution in [2.24, 2.45) is 0 Å². The molecule has 1 aromatic carbocycles. The first-order valence-electron chi connectivity index (χ1n) is 4.05. The van der Waals surface area contributed by atoms with Crippen LogP contribution in [0.1, 0.15) is 29.3 Å². The molecule has 1 nitrogen and oxygen atoms in total. The van der Waals surface area contributed by atoms with E-state index in [-0.39, 0.29) is 17.8 Å². The summed E-state index contributed by atoms with van der Waals surface area (Å²) in [6, 6.07) is 2.67. The summed E-state index contributed by atoms with van der Waals surface area (Å²) < 4.78 is 13.2. The Labute approximate surface area is 81.5 Å². The summed E-state index contributed by atoms with van der Waals surface area (Å²) in [5.41, 5.74) is 0.727. The van der Waals surface area contributed by atoms with Crippen LogP contribution < -0.4 is 0 Å². The van der Waals surface area contributed by atoms with Crippen LogP contribution in [0.2, 0.25) is 5.02 Å². The smallest absolute Gasteiger partial charge is 0.165 e. The minimum Gasteiger partial charge on any atom is -0.294 e. The molecule has 0 unspecified atom stereocenters. The summed E-state index contributed by atoms with van der Waals surface area (Å²) in [5.74, 6) is -0.715. The fourth-order valence-electron chi connectivity index (χ4n) is 1.05. The summed E-state index contributed by atoms with van der Waals surface area (Å²) in [6.07, 6.45) is 0.288. The van der Waals surface area contributed by atoms with Crippen LogP contribution in [0.4, 0.5) is 4.39 Å². The Bertz CT molecular complexity index is 347. The molecular weight excluding hydrogens is 191 g/mol. The number of carbonyl (C=O) groups excluding carboxylic acids is 1. The van der Waals surface area contributed by atoms with Crippen LogP contribution >= 0.6 is 11.6 Å². The monoisotopic (exact) mass is 200 g/mol. The lowest BCUT2D eigenvalue weighted by molar-refractivity contribution is 0.0984. The van der Waals surface area contributed by atoms with E-state index in [4.69, 9.17) is 11.6 Å². The van der Waals surface area contributed by atoms with Gasteiger partial charge in [0.15, 0.2) is 5.78 Å². The van der Waals surface area contributed by atoms with Gasteiger partial charge in [-0.3, -0.25) is 4.79 Å². The number of halogens is 2. The van der Waals surface area contributed by atoms with E-state index in [2.05, 4.69) is 0 Å². The zero-order valence-electron chi connectivity index (χ0n) is 7.53. The normalized spacial score (nSPS) is 10.2. The molecule has 0 aliphatic heterocycles. The molecule has 13 heavy (non-hydrogen) atoms. The molecule has 1 rings (SSSR count). The number of ketones is 1. The van der Waals surface area contributed by atoms with Gasteiger partial charge in [0.1, 0.15) is 5.82 Å². The van der Waals surface area contributed by atoms with Crippen LogP contribution in [0.25, 0.3) is 0 Å². The van der Waals surface area contributed by atoms with E-state index in [1.165, 1.54) is 12.1 Å². The zero-order valence-corrected chi connectivity index (χ0v) is 8.28. The zero-order chi connectivity index (χ0) is 10.0. The lowest BCUT2D eigenvalue weighted by atomic mass is 10.1. The predicted molar refractivity (Wildman–Crippen MR) is 50.8 cm³/mol. The van der Waals surface area contributed by atoms with Crippen LogP contribution in [0.15, 0.2) is 12.1 Å². The Morgan fingerprint density at radius 2 is 2.15 bits per heavy atom. The second kappa shape index (κ2) is 3.88. The highest BCUT2D eigenvalue weighted by Crippen LogP contribution is 2.20. The van der Waals surface area contributed by atoms with Gasteiger partial charge in [-0.1, -0.05) is 18.5 Å². The maximum atomic E-state index is 13.2. The van der Waals surface area contributed by atoms with Gasteiger partial charge in [-0.15, -0.1) is 0 Å². The summed E-state index contributed by atoms with van der Waals surface area (Å²) in [7, 11) is 0. The number of hydrogen-bond acceptors (Lipinski definition) is 1. The van der Waals surface area contributed by atoms with E-state index >= 15 is 0 Å². The van der Waals surface area contributed by atoms with E-state index in [0.29, 0.717) is 10.6 Å². The van der Waals surface area contributed by atoms with Crippen molar-refractivity contribution >= 4 is 17.4 Å². The number of Topliss-reactive ketones (excluding diaryl/α,β-unsaturated/α-hetero) is 1. The molecule has 0 spiro atoms. The van der Waals surface area contributed by atoms with Gasteiger partial charge in [0.2, 0.25) is 0 Å². The summed E-state index contributed by atoms with van der Waals surface area (Å²) in [4.78, 5) is 11.2. The van der Waals surface area contributed by atoms with Gasteiger partial charge in [0.05, 0.1) is 5.56 Å². The van der Waals surface area contributed by atoms with Crippen molar-refractivity contribution in [1.82, 2.24) is 0 Å². The van der Waals surface area contributed by atoms with Crippen LogP contribution in [0.5, 0.6) is 0 Å². The molecule has 0 saturated heterocycles. The molecule has 3 heteroatoms. The number of rotatable bonds is 2. The van der Waals surface area contributed by atoms with Crippen molar-refractivity contribution in [3.8, 4) is 0 Å². The summed E-state index contributed by atoms with van der Waals surface area (Å²) in [5, 5.41) is 0.429. The van der Waals surface area contributed by atoms with Crippen molar-refractivity contribution in [3.63, 3.8) is 0 Å². The van der Waals surface area contributed by atoms with E-state index in [1.807, 2.05) is 0 Å². The molecule has 0 N–H and O–H groups in total. The number of aryl methyl sites for hydroxylation is 1. The quantitative estimate of drug-likeness (QED) is 0.669. The van der Waals surface area contributed by atoms with Crippen molar-refractivity contribution in [3.05, 3.63) is 34.1 Å². The van der Waals surface area contributed by atoms with Crippen molar-refractivity contribution < 1.29 is 9.18 Å². The van der Waals surface area contributed by atoms with Crippen LogP contribution in [-0.2, 0) is 0 Å². The van der Waals surface area contributed by atoms with Crippen molar-refractivity contribution in [1.29, 1.82) is 0 Å². The largest absolute Gasteiger partial charge is 0.294 e. The minimum atomic E-state index is -0.492. The van der Waals surface area contributed by atoms with Gasteiger partial charge in [0.25, 0.3) is 0 Å². The molecule has 0 heterocycles. The Morgan fingerprint density at radius 1 is 1.54 bits per heavy atom. The highest BCUT2D eigenvalue weighted by Gasteiger charge is 2.11. The van der Waals surface area contributed by atoms with Gasteiger partial charge in [-0.05, 0) is 24.6 Å². The molecule has 0 radical (unpaired) electrons. The fourth-order valence-corrected chi connectivity index (χ4v) is 1.21. The maximum Gasteiger partial charge on any atom is 0.165 e. The van der Waals surface area contributed by atoms with Gasteiger partial charge >= 0.3 is 0 Å². The van der Waals surface area contributed by atoms with Crippen molar-refractivity contribution in [2.45, 2.75) is 20.3 Å². The highest BCUT2D eigenvalue weighted by molar-refractivity contribution is 6.31. The molecule has 0 bridgehead atoms. The Hall–Kier alpha value is -0.890. The highest BCUT2D eigenvalue weighted by atomic mass is 35.5. The average Bonchev–Trinajstić information content (AvgIpc) is 2.10. The fraction of sp³-hybridized carbons (Fsp3) is 0.300. The number of carbonyl (C=O) groups is 1. The third-order valence-electron chi connectivity index (χ3n) is 1.87. The van der Waals surface area contributed by atoms with E-state index in [9.17, 15) is 9.18 Å². The molecule has 0 aromatic heterocycles. The van der Waals surface area contributed by atoms with E-state index < -0.39 is 5.82 Å². The van der Waals surface area contributed by atoms with E-state index in [0.717, 1.165) is 0 Å². The molecular formula is C10H10ClFO. The van der Waals surface area contributed by atoms with Gasteiger partial charge < -0.3 is 0 Å². The molecule has 0 fully saturated rings. The lowest BCUT2D eigenvalue weighted by Gasteiger charge is -2.03. The van der Waals surface area contributed by atoms with Gasteiger partial charge in [0, 0.05) is 11.4 Å². The molecule has 0 aliphatic rings. The molecule has 0 amide bonds. The molecule has 0 saturated carbocycles. The van der Waals surface area contributed by atoms with Crippen LogP contribution in [0.3, 0.4) is 0 Å². The second-order valence-electron chi connectivity index (χ2n) is 2.86. The average molecular weight is 201 g/mol. The molecule has 70 valence electrons. The second-order valence-corrected chi connectivity index (χ2v) is 3.27. The minimum absolute atomic E-state index is 0.0816. The van der Waals surface area contributed by atoms with E-state index in [1.54, 1.807) is 13.8 Å². The molecule has 1 aromatic rings. The first-order chi connectivity index (χ1) is 6.06. The molecule has 0 aliphatic carbocycles. The van der Waals surface area contributed by atoms with Gasteiger partial charge in [-0.2, -0.15) is 0 Å². The van der Waals surface area contributed by atoms with Crippen LogP contribution in [0, 0.1) is 12.7 Å². The topological polar surface area (TPSA) is 17.1 Å². The molecule has 0 atom stereocenters. The Morgan fingerprint density at radius 3 is 2.69 bits per heavy atom. The first kappa shape index (κ1) is 10.2. The summed E-state index contributed by atoms with van der Waals surface area (Å²) >= 11 is 5.77. The lowest BCUT2D eigenvalue weighted by Crippen LogP contribution is -2.01. The van der Waals surface area contributed by atoms with Crippen molar-refractivity contribution in [2.75, 3.05) is 0 Å². The number of hydrogen-bond donors (Lipinski definition) is 0. The third kappa shape index (κ3) is 2.07. The summed E-state index contributed by atoms with van der Waals surface area (Å²) in [6.45, 7) is 3.39. The number of benzene rings is 1. The Kier molecular flexibility index (Phi) is 3.04. The predicted octanol–water partition coefficient (Wildman–Crippen LogP) is 3.38.